The quantitative estimate of drug-likeness (QED) is 0.413. The second-order valence-electron chi connectivity index (χ2n) is 7.19. The lowest BCUT2D eigenvalue weighted by atomic mass is 10.1. The minimum atomic E-state index is -0.335. The summed E-state index contributed by atoms with van der Waals surface area (Å²) < 4.78 is 2.71. The highest BCUT2D eigenvalue weighted by atomic mass is 79.9. The number of aromatic nitrogens is 3. The molecule has 0 aliphatic heterocycles. The first-order chi connectivity index (χ1) is 14.4. The Morgan fingerprint density at radius 1 is 0.867 bits per heavy atom. The van der Waals surface area contributed by atoms with Gasteiger partial charge in [-0.05, 0) is 55.7 Å². The minimum absolute atomic E-state index is 0.124. The molecule has 0 saturated heterocycles. The van der Waals surface area contributed by atoms with Crippen LogP contribution < -0.4 is 5.32 Å². The Kier molecular flexibility index (Phi) is 5.50. The van der Waals surface area contributed by atoms with Gasteiger partial charge in [0.1, 0.15) is 0 Å². The van der Waals surface area contributed by atoms with Crippen LogP contribution in [0.3, 0.4) is 0 Å². The SMILES string of the molecule is Cc1ccccc1-n1nc(C(=O)Nc2c(C)cccc2C)nc1-c1ccc(Br)cc1. The molecule has 4 aromatic rings. The van der Waals surface area contributed by atoms with Crippen LogP contribution in [0.2, 0.25) is 0 Å². The maximum atomic E-state index is 13.0. The smallest absolute Gasteiger partial charge is 0.295 e. The minimum Gasteiger partial charge on any atom is -0.319 e. The van der Waals surface area contributed by atoms with Crippen molar-refractivity contribution in [3.05, 3.63) is 93.7 Å². The predicted molar refractivity (Wildman–Crippen MR) is 123 cm³/mol. The molecule has 3 aromatic carbocycles. The number of rotatable bonds is 4. The van der Waals surface area contributed by atoms with Crippen molar-refractivity contribution in [1.82, 2.24) is 14.8 Å². The maximum absolute atomic E-state index is 13.0. The molecule has 0 radical (unpaired) electrons. The van der Waals surface area contributed by atoms with Gasteiger partial charge >= 0.3 is 0 Å². The Morgan fingerprint density at radius 3 is 2.17 bits per heavy atom. The van der Waals surface area contributed by atoms with Crippen molar-refractivity contribution in [2.45, 2.75) is 20.8 Å². The average molecular weight is 461 g/mol. The molecule has 1 amide bonds. The molecule has 0 fully saturated rings. The molecule has 1 heterocycles. The lowest BCUT2D eigenvalue weighted by Crippen LogP contribution is -2.16. The number of amides is 1. The lowest BCUT2D eigenvalue weighted by Gasteiger charge is -2.09. The van der Waals surface area contributed by atoms with Gasteiger partial charge < -0.3 is 5.32 Å². The van der Waals surface area contributed by atoms with E-state index in [1.54, 1.807) is 4.68 Å². The molecule has 1 aromatic heterocycles. The Bertz CT molecular complexity index is 1210. The molecule has 6 heteroatoms. The number of nitrogens with zero attached hydrogens (tertiary/aromatic N) is 3. The summed E-state index contributed by atoms with van der Waals surface area (Å²) in [4.78, 5) is 17.6. The third-order valence-corrected chi connectivity index (χ3v) is 5.50. The summed E-state index contributed by atoms with van der Waals surface area (Å²) in [6, 6.07) is 21.6. The zero-order chi connectivity index (χ0) is 21.3. The summed E-state index contributed by atoms with van der Waals surface area (Å²) in [5.74, 6) is 0.403. The van der Waals surface area contributed by atoms with Gasteiger partial charge in [0.2, 0.25) is 5.82 Å². The fraction of sp³-hybridized carbons (Fsp3) is 0.125. The average Bonchev–Trinajstić information content (AvgIpc) is 3.17. The highest BCUT2D eigenvalue weighted by molar-refractivity contribution is 9.10. The predicted octanol–water partition coefficient (Wildman–Crippen LogP) is 5.87. The third kappa shape index (κ3) is 3.91. The molecular formula is C24H21BrN4O. The van der Waals surface area contributed by atoms with Crippen molar-refractivity contribution in [2.24, 2.45) is 0 Å². The van der Waals surface area contributed by atoms with Crippen LogP contribution in [0.15, 0.2) is 71.2 Å². The van der Waals surface area contributed by atoms with Crippen molar-refractivity contribution in [1.29, 1.82) is 0 Å². The number of hydrogen-bond acceptors (Lipinski definition) is 3. The van der Waals surface area contributed by atoms with Gasteiger partial charge in [-0.2, -0.15) is 0 Å². The Balaban J connectivity index is 1.80. The van der Waals surface area contributed by atoms with Crippen LogP contribution in [-0.4, -0.2) is 20.7 Å². The van der Waals surface area contributed by atoms with Crippen LogP contribution in [0, 0.1) is 20.8 Å². The third-order valence-electron chi connectivity index (χ3n) is 4.98. The van der Waals surface area contributed by atoms with Gasteiger partial charge in [0.25, 0.3) is 5.91 Å². The van der Waals surface area contributed by atoms with Crippen LogP contribution >= 0.6 is 15.9 Å². The maximum Gasteiger partial charge on any atom is 0.295 e. The van der Waals surface area contributed by atoms with Crippen LogP contribution in [0.5, 0.6) is 0 Å². The van der Waals surface area contributed by atoms with Gasteiger partial charge in [-0.1, -0.05) is 64.5 Å². The molecule has 30 heavy (non-hydrogen) atoms. The lowest BCUT2D eigenvalue weighted by molar-refractivity contribution is 0.101. The van der Waals surface area contributed by atoms with Crippen molar-refractivity contribution >= 4 is 27.5 Å². The van der Waals surface area contributed by atoms with E-state index in [4.69, 9.17) is 0 Å². The Hall–Kier alpha value is -3.25. The molecule has 0 spiro atoms. The number of para-hydroxylation sites is 2. The summed E-state index contributed by atoms with van der Waals surface area (Å²) in [5, 5.41) is 7.55. The van der Waals surface area contributed by atoms with Crippen LogP contribution in [-0.2, 0) is 0 Å². The van der Waals surface area contributed by atoms with E-state index in [-0.39, 0.29) is 11.7 Å². The summed E-state index contributed by atoms with van der Waals surface area (Å²) in [5.41, 5.74) is 5.58. The van der Waals surface area contributed by atoms with Gasteiger partial charge in [-0.15, -0.1) is 5.10 Å². The van der Waals surface area contributed by atoms with Crippen LogP contribution in [0.1, 0.15) is 27.3 Å². The molecule has 0 unspecified atom stereocenters. The molecule has 1 N–H and O–H groups in total. The van der Waals surface area contributed by atoms with Crippen LogP contribution in [0.4, 0.5) is 5.69 Å². The van der Waals surface area contributed by atoms with Crippen molar-refractivity contribution in [3.8, 4) is 17.1 Å². The highest BCUT2D eigenvalue weighted by Crippen LogP contribution is 2.25. The van der Waals surface area contributed by atoms with E-state index in [0.29, 0.717) is 5.82 Å². The molecule has 0 aliphatic rings. The van der Waals surface area contributed by atoms with Gasteiger partial charge in [-0.25, -0.2) is 9.67 Å². The molecule has 150 valence electrons. The van der Waals surface area contributed by atoms with E-state index in [1.807, 2.05) is 87.5 Å². The zero-order valence-electron chi connectivity index (χ0n) is 17.0. The first-order valence-corrected chi connectivity index (χ1v) is 10.4. The number of halogens is 1. The number of aryl methyl sites for hydroxylation is 3. The molecule has 0 atom stereocenters. The Labute approximate surface area is 183 Å². The zero-order valence-corrected chi connectivity index (χ0v) is 18.6. The number of carbonyl (C=O) groups excluding carboxylic acids is 1. The largest absolute Gasteiger partial charge is 0.319 e. The van der Waals surface area contributed by atoms with Crippen LogP contribution in [0.25, 0.3) is 17.1 Å². The number of benzene rings is 3. The highest BCUT2D eigenvalue weighted by Gasteiger charge is 2.20. The van der Waals surface area contributed by atoms with E-state index in [9.17, 15) is 4.79 Å². The number of anilines is 1. The number of hydrogen-bond donors (Lipinski definition) is 1. The van der Waals surface area contributed by atoms with Crippen molar-refractivity contribution < 1.29 is 4.79 Å². The molecule has 5 nitrogen and oxygen atoms in total. The summed E-state index contributed by atoms with van der Waals surface area (Å²) in [6.45, 7) is 5.95. The molecular weight excluding hydrogens is 440 g/mol. The van der Waals surface area contributed by atoms with E-state index < -0.39 is 0 Å². The number of carbonyl (C=O) groups is 1. The van der Waals surface area contributed by atoms with E-state index in [0.717, 1.165) is 38.1 Å². The summed E-state index contributed by atoms with van der Waals surface area (Å²) in [7, 11) is 0. The summed E-state index contributed by atoms with van der Waals surface area (Å²) in [6.07, 6.45) is 0. The van der Waals surface area contributed by atoms with E-state index in [2.05, 4.69) is 31.3 Å². The van der Waals surface area contributed by atoms with Gasteiger partial charge in [0, 0.05) is 15.7 Å². The van der Waals surface area contributed by atoms with Crippen molar-refractivity contribution in [2.75, 3.05) is 5.32 Å². The van der Waals surface area contributed by atoms with E-state index >= 15 is 0 Å². The molecule has 4 rings (SSSR count). The Morgan fingerprint density at radius 2 is 1.50 bits per heavy atom. The van der Waals surface area contributed by atoms with E-state index in [1.165, 1.54) is 0 Å². The fourth-order valence-corrected chi connectivity index (χ4v) is 3.61. The molecule has 0 bridgehead atoms. The van der Waals surface area contributed by atoms with Gasteiger partial charge in [0.15, 0.2) is 5.82 Å². The standard InChI is InChI=1S/C24H21BrN4O/c1-15-7-4-5-10-20(15)29-23(18-11-13-19(25)14-12-18)27-22(28-29)24(30)26-21-16(2)8-6-9-17(21)3/h4-14H,1-3H3,(H,26,30). The topological polar surface area (TPSA) is 59.8 Å². The van der Waals surface area contributed by atoms with Gasteiger partial charge in [0.05, 0.1) is 5.69 Å². The first kappa shape index (κ1) is 20.0. The van der Waals surface area contributed by atoms with Crippen molar-refractivity contribution in [3.63, 3.8) is 0 Å². The first-order valence-electron chi connectivity index (χ1n) is 9.60. The normalized spacial score (nSPS) is 10.8. The molecule has 0 saturated carbocycles. The molecule has 0 aliphatic carbocycles. The second-order valence-corrected chi connectivity index (χ2v) is 8.10. The second kappa shape index (κ2) is 8.24. The monoisotopic (exact) mass is 460 g/mol. The number of nitrogens with one attached hydrogen (secondary N) is 1. The summed E-state index contributed by atoms with van der Waals surface area (Å²) >= 11 is 3.47. The van der Waals surface area contributed by atoms with Gasteiger partial charge in [-0.3, -0.25) is 4.79 Å². The fourth-order valence-electron chi connectivity index (χ4n) is 3.34.